The fourth-order valence-corrected chi connectivity index (χ4v) is 2.36. The minimum absolute atomic E-state index is 0.0757. The van der Waals surface area contributed by atoms with E-state index in [1.165, 1.54) is 5.56 Å². The van der Waals surface area contributed by atoms with Crippen LogP contribution >= 0.6 is 0 Å². The van der Waals surface area contributed by atoms with Gasteiger partial charge >= 0.3 is 0 Å². The number of nitrogens with one attached hydrogen (secondary N) is 2. The lowest BCUT2D eigenvalue weighted by Crippen LogP contribution is -2.24. The second-order valence-corrected chi connectivity index (χ2v) is 5.62. The van der Waals surface area contributed by atoms with Gasteiger partial charge in [0.05, 0.1) is 6.21 Å². The summed E-state index contributed by atoms with van der Waals surface area (Å²) in [6, 6.07) is 13.6. The summed E-state index contributed by atoms with van der Waals surface area (Å²) in [7, 11) is 0. The highest BCUT2D eigenvalue weighted by Gasteiger charge is 2.03. The van der Waals surface area contributed by atoms with Crippen molar-refractivity contribution in [1.82, 2.24) is 10.4 Å². The van der Waals surface area contributed by atoms with Crippen molar-refractivity contribution in [3.63, 3.8) is 0 Å². The summed E-state index contributed by atoms with van der Waals surface area (Å²) in [4.78, 5) is 15.0. The first kappa shape index (κ1) is 15.8. The van der Waals surface area contributed by atoms with Crippen molar-refractivity contribution in [2.75, 3.05) is 6.61 Å². The third-order valence-corrected chi connectivity index (χ3v) is 3.86. The quantitative estimate of drug-likeness (QED) is 0.559. The summed E-state index contributed by atoms with van der Waals surface area (Å²) in [5, 5.41) is 5.04. The normalized spacial score (nSPS) is 11.1. The molecule has 0 saturated carbocycles. The number of aromatic amines is 1. The number of nitrogens with zero attached hydrogens (tertiary/aromatic N) is 1. The summed E-state index contributed by atoms with van der Waals surface area (Å²) < 4.78 is 5.47. The van der Waals surface area contributed by atoms with E-state index < -0.39 is 0 Å². The molecule has 24 heavy (non-hydrogen) atoms. The van der Waals surface area contributed by atoms with Crippen molar-refractivity contribution in [3.05, 3.63) is 65.4 Å². The van der Waals surface area contributed by atoms with E-state index in [0.29, 0.717) is 5.75 Å². The molecule has 1 heterocycles. The molecule has 0 spiro atoms. The molecule has 0 aliphatic heterocycles. The average molecular weight is 321 g/mol. The van der Waals surface area contributed by atoms with E-state index in [4.69, 9.17) is 4.74 Å². The van der Waals surface area contributed by atoms with Crippen LogP contribution in [0, 0.1) is 13.8 Å². The molecule has 0 radical (unpaired) electrons. The molecule has 0 unspecified atom stereocenters. The third-order valence-electron chi connectivity index (χ3n) is 3.86. The summed E-state index contributed by atoms with van der Waals surface area (Å²) in [6.45, 7) is 3.97. The second-order valence-electron chi connectivity index (χ2n) is 5.62. The van der Waals surface area contributed by atoms with E-state index in [0.717, 1.165) is 22.0 Å². The molecule has 1 aromatic heterocycles. The maximum atomic E-state index is 11.8. The van der Waals surface area contributed by atoms with Gasteiger partial charge in [0.2, 0.25) is 0 Å². The third kappa shape index (κ3) is 3.63. The fraction of sp³-hybridized carbons (Fsp3) is 0.158. The zero-order chi connectivity index (χ0) is 16.9. The predicted octanol–water partition coefficient (Wildman–Crippen LogP) is 3.31. The molecule has 2 aromatic carbocycles. The highest BCUT2D eigenvalue weighted by Crippen LogP contribution is 2.16. The van der Waals surface area contributed by atoms with Gasteiger partial charge in [-0.3, -0.25) is 4.79 Å². The zero-order valence-electron chi connectivity index (χ0n) is 13.7. The van der Waals surface area contributed by atoms with Crippen molar-refractivity contribution in [2.45, 2.75) is 13.8 Å². The number of H-pyrrole nitrogens is 1. The predicted molar refractivity (Wildman–Crippen MR) is 95.4 cm³/mol. The Morgan fingerprint density at radius 3 is 2.88 bits per heavy atom. The maximum Gasteiger partial charge on any atom is 0.277 e. The number of hydrogen-bond acceptors (Lipinski definition) is 3. The van der Waals surface area contributed by atoms with Crippen LogP contribution in [0.3, 0.4) is 0 Å². The van der Waals surface area contributed by atoms with Gasteiger partial charge in [-0.1, -0.05) is 24.3 Å². The first-order chi connectivity index (χ1) is 11.6. The molecule has 0 fully saturated rings. The minimum Gasteiger partial charge on any atom is -0.484 e. The van der Waals surface area contributed by atoms with Gasteiger partial charge in [-0.2, -0.15) is 5.10 Å². The smallest absolute Gasteiger partial charge is 0.277 e. The van der Waals surface area contributed by atoms with Crippen molar-refractivity contribution < 1.29 is 9.53 Å². The van der Waals surface area contributed by atoms with Gasteiger partial charge < -0.3 is 9.72 Å². The monoisotopic (exact) mass is 321 g/mol. The lowest BCUT2D eigenvalue weighted by molar-refractivity contribution is -0.123. The topological polar surface area (TPSA) is 66.5 Å². The van der Waals surface area contributed by atoms with Crippen LogP contribution in [0.1, 0.15) is 16.7 Å². The van der Waals surface area contributed by atoms with Crippen LogP contribution in [0.2, 0.25) is 0 Å². The fourth-order valence-electron chi connectivity index (χ4n) is 2.36. The summed E-state index contributed by atoms with van der Waals surface area (Å²) in [5.41, 5.74) is 6.74. The van der Waals surface area contributed by atoms with Gasteiger partial charge in [0, 0.05) is 22.7 Å². The van der Waals surface area contributed by atoms with Crippen LogP contribution in [-0.2, 0) is 4.79 Å². The van der Waals surface area contributed by atoms with Crippen molar-refractivity contribution >= 4 is 23.0 Å². The number of rotatable bonds is 5. The van der Waals surface area contributed by atoms with E-state index in [1.807, 2.05) is 62.5 Å². The molecule has 3 rings (SSSR count). The standard InChI is InChI=1S/C19H19N3O2/c1-13-7-8-16(9-14(13)2)24-12-19(23)22-21-11-15-10-20-18-6-4-3-5-17(15)18/h3-11,20H,12H2,1-2H3,(H,22,23)/b21-11-. The number of aryl methyl sites for hydroxylation is 2. The van der Waals surface area contributed by atoms with Crippen LogP contribution in [0.15, 0.2) is 53.8 Å². The van der Waals surface area contributed by atoms with Gasteiger partial charge in [0.1, 0.15) is 5.75 Å². The lowest BCUT2D eigenvalue weighted by atomic mass is 10.1. The summed E-state index contributed by atoms with van der Waals surface area (Å²) in [5.74, 6) is 0.373. The molecule has 0 bridgehead atoms. The molecule has 122 valence electrons. The Bertz CT molecular complexity index is 897. The van der Waals surface area contributed by atoms with Crippen LogP contribution in [0.25, 0.3) is 10.9 Å². The van der Waals surface area contributed by atoms with E-state index in [-0.39, 0.29) is 12.5 Å². The molecule has 5 nitrogen and oxygen atoms in total. The first-order valence-electron chi connectivity index (χ1n) is 7.71. The van der Waals surface area contributed by atoms with Gasteiger partial charge in [-0.25, -0.2) is 5.43 Å². The molecule has 0 atom stereocenters. The number of amides is 1. The Kier molecular flexibility index (Phi) is 4.61. The Labute approximate surface area is 140 Å². The van der Waals surface area contributed by atoms with Gasteiger partial charge in [-0.05, 0) is 43.2 Å². The van der Waals surface area contributed by atoms with Crippen LogP contribution in [-0.4, -0.2) is 23.7 Å². The molecule has 2 N–H and O–H groups in total. The molecule has 0 aliphatic carbocycles. The maximum absolute atomic E-state index is 11.8. The number of ether oxygens (including phenoxy) is 1. The Balaban J connectivity index is 1.54. The van der Waals surface area contributed by atoms with E-state index in [2.05, 4.69) is 15.5 Å². The molecule has 1 amide bonds. The van der Waals surface area contributed by atoms with Crippen LogP contribution < -0.4 is 10.2 Å². The molecule has 0 saturated heterocycles. The first-order valence-corrected chi connectivity index (χ1v) is 7.71. The van der Waals surface area contributed by atoms with Crippen LogP contribution in [0.5, 0.6) is 5.75 Å². The number of para-hydroxylation sites is 1. The zero-order valence-corrected chi connectivity index (χ0v) is 13.7. The largest absolute Gasteiger partial charge is 0.484 e. The van der Waals surface area contributed by atoms with Crippen LogP contribution in [0.4, 0.5) is 0 Å². The van der Waals surface area contributed by atoms with E-state index in [1.54, 1.807) is 6.21 Å². The number of fused-ring (bicyclic) bond motifs is 1. The van der Waals surface area contributed by atoms with Crippen molar-refractivity contribution in [3.8, 4) is 5.75 Å². The molecular weight excluding hydrogens is 302 g/mol. The number of hydrogen-bond donors (Lipinski definition) is 2. The highest BCUT2D eigenvalue weighted by molar-refractivity contribution is 5.99. The van der Waals surface area contributed by atoms with E-state index >= 15 is 0 Å². The number of carbonyl (C=O) groups excluding carboxylic acids is 1. The molecular formula is C19H19N3O2. The minimum atomic E-state index is -0.302. The lowest BCUT2D eigenvalue weighted by Gasteiger charge is -2.07. The van der Waals surface area contributed by atoms with E-state index in [9.17, 15) is 4.79 Å². The van der Waals surface area contributed by atoms with Gasteiger partial charge in [0.25, 0.3) is 5.91 Å². The summed E-state index contributed by atoms with van der Waals surface area (Å²) in [6.07, 6.45) is 3.47. The Morgan fingerprint density at radius 2 is 2.04 bits per heavy atom. The Morgan fingerprint density at radius 1 is 1.21 bits per heavy atom. The second kappa shape index (κ2) is 7.00. The Hall–Kier alpha value is -3.08. The van der Waals surface area contributed by atoms with Gasteiger partial charge in [0.15, 0.2) is 6.61 Å². The highest BCUT2D eigenvalue weighted by atomic mass is 16.5. The van der Waals surface area contributed by atoms with Crippen molar-refractivity contribution in [2.24, 2.45) is 5.10 Å². The average Bonchev–Trinajstić information content (AvgIpc) is 2.99. The molecule has 3 aromatic rings. The number of carbonyl (C=O) groups is 1. The van der Waals surface area contributed by atoms with Crippen molar-refractivity contribution in [1.29, 1.82) is 0 Å². The summed E-state index contributed by atoms with van der Waals surface area (Å²) >= 11 is 0. The number of aromatic nitrogens is 1. The molecule has 5 heteroatoms. The number of benzene rings is 2. The molecule has 0 aliphatic rings. The SMILES string of the molecule is Cc1ccc(OCC(=O)N/N=C\c2c[nH]c3ccccc23)cc1C. The van der Waals surface area contributed by atoms with Gasteiger partial charge in [-0.15, -0.1) is 0 Å². The number of hydrazone groups is 1.